The van der Waals surface area contributed by atoms with Crippen molar-refractivity contribution in [3.05, 3.63) is 48.3 Å². The van der Waals surface area contributed by atoms with Gasteiger partial charge in [-0.1, -0.05) is 0 Å². The fourth-order valence-electron chi connectivity index (χ4n) is 2.52. The van der Waals surface area contributed by atoms with Crippen molar-refractivity contribution in [3.8, 4) is 0 Å². The van der Waals surface area contributed by atoms with Crippen LogP contribution in [0.5, 0.6) is 0 Å². The standard InChI is InChI=1S/C14H16N4O/c19-14(11-3-5-15-6-4-11)17-10-12-2-1-8-18-9-7-16-13(12)18/h3-7,9,12H,1-2,8,10H2,(H,17,19). The van der Waals surface area contributed by atoms with Gasteiger partial charge in [-0.2, -0.15) is 0 Å². The van der Waals surface area contributed by atoms with Crippen LogP contribution in [0, 0.1) is 0 Å². The summed E-state index contributed by atoms with van der Waals surface area (Å²) >= 11 is 0. The van der Waals surface area contributed by atoms with E-state index < -0.39 is 0 Å². The maximum atomic E-state index is 12.0. The fraction of sp³-hybridized carbons (Fsp3) is 0.357. The SMILES string of the molecule is O=C(NCC1CCCn2ccnc21)c1ccncc1. The molecule has 0 saturated carbocycles. The predicted octanol–water partition coefficient (Wildman–Crippen LogP) is 1.59. The van der Waals surface area contributed by atoms with Crippen LogP contribution >= 0.6 is 0 Å². The first kappa shape index (κ1) is 11.9. The number of pyridine rings is 1. The second-order valence-corrected chi connectivity index (χ2v) is 4.76. The zero-order valence-electron chi connectivity index (χ0n) is 10.6. The summed E-state index contributed by atoms with van der Waals surface area (Å²) < 4.78 is 2.17. The number of fused-ring (bicyclic) bond motifs is 1. The van der Waals surface area contributed by atoms with Gasteiger partial charge in [0.15, 0.2) is 0 Å². The van der Waals surface area contributed by atoms with Gasteiger partial charge >= 0.3 is 0 Å². The van der Waals surface area contributed by atoms with Gasteiger partial charge in [-0.25, -0.2) is 4.98 Å². The molecule has 5 heteroatoms. The van der Waals surface area contributed by atoms with Crippen LogP contribution in [0.3, 0.4) is 0 Å². The van der Waals surface area contributed by atoms with Crippen LogP contribution < -0.4 is 5.32 Å². The Labute approximate surface area is 111 Å². The summed E-state index contributed by atoms with van der Waals surface area (Å²) in [7, 11) is 0. The van der Waals surface area contributed by atoms with Gasteiger partial charge in [0.2, 0.25) is 0 Å². The first-order valence-electron chi connectivity index (χ1n) is 6.54. The number of imidazole rings is 1. The molecule has 1 amide bonds. The molecular weight excluding hydrogens is 240 g/mol. The summed E-state index contributed by atoms with van der Waals surface area (Å²) in [4.78, 5) is 20.3. The molecule has 1 aliphatic heterocycles. The molecule has 1 N–H and O–H groups in total. The van der Waals surface area contributed by atoms with E-state index >= 15 is 0 Å². The molecule has 5 nitrogen and oxygen atoms in total. The van der Waals surface area contributed by atoms with Crippen molar-refractivity contribution in [2.24, 2.45) is 0 Å². The number of rotatable bonds is 3. The van der Waals surface area contributed by atoms with Gasteiger partial charge in [0, 0.05) is 49.4 Å². The highest BCUT2D eigenvalue weighted by molar-refractivity contribution is 5.93. The smallest absolute Gasteiger partial charge is 0.251 e. The zero-order chi connectivity index (χ0) is 13.1. The molecule has 0 bridgehead atoms. The quantitative estimate of drug-likeness (QED) is 0.907. The zero-order valence-corrected chi connectivity index (χ0v) is 10.6. The number of nitrogens with zero attached hydrogens (tertiary/aromatic N) is 3. The van der Waals surface area contributed by atoms with Crippen LogP contribution in [0.4, 0.5) is 0 Å². The highest BCUT2D eigenvalue weighted by Gasteiger charge is 2.21. The number of carbonyl (C=O) groups is 1. The van der Waals surface area contributed by atoms with E-state index in [2.05, 4.69) is 19.9 Å². The van der Waals surface area contributed by atoms with E-state index in [-0.39, 0.29) is 5.91 Å². The average molecular weight is 256 g/mol. The molecule has 3 rings (SSSR count). The predicted molar refractivity (Wildman–Crippen MR) is 70.8 cm³/mol. The summed E-state index contributed by atoms with van der Waals surface area (Å²) in [6.07, 6.45) is 9.31. The van der Waals surface area contributed by atoms with E-state index in [0.717, 1.165) is 25.2 Å². The molecule has 0 saturated heterocycles. The van der Waals surface area contributed by atoms with Gasteiger partial charge in [-0.3, -0.25) is 9.78 Å². The lowest BCUT2D eigenvalue weighted by Crippen LogP contribution is -2.31. The third kappa shape index (κ3) is 2.50. The minimum Gasteiger partial charge on any atom is -0.351 e. The molecule has 3 heterocycles. The Bertz CT molecular complexity index is 564. The van der Waals surface area contributed by atoms with E-state index in [9.17, 15) is 4.79 Å². The van der Waals surface area contributed by atoms with Crippen molar-refractivity contribution < 1.29 is 4.79 Å². The van der Waals surface area contributed by atoms with Crippen molar-refractivity contribution in [3.63, 3.8) is 0 Å². The number of amides is 1. The molecule has 98 valence electrons. The van der Waals surface area contributed by atoms with Gasteiger partial charge in [-0.15, -0.1) is 0 Å². The Kier molecular flexibility index (Phi) is 3.27. The van der Waals surface area contributed by atoms with E-state index in [0.29, 0.717) is 18.0 Å². The highest BCUT2D eigenvalue weighted by Crippen LogP contribution is 2.24. The monoisotopic (exact) mass is 256 g/mol. The molecule has 2 aromatic rings. The number of aryl methyl sites for hydroxylation is 1. The summed E-state index contributed by atoms with van der Waals surface area (Å²) in [6, 6.07) is 3.44. The van der Waals surface area contributed by atoms with E-state index in [1.54, 1.807) is 24.5 Å². The first-order chi connectivity index (χ1) is 9.34. The van der Waals surface area contributed by atoms with E-state index in [1.807, 2.05) is 12.4 Å². The molecule has 0 radical (unpaired) electrons. The molecule has 2 aromatic heterocycles. The average Bonchev–Trinajstić information content (AvgIpc) is 2.94. The maximum Gasteiger partial charge on any atom is 0.251 e. The van der Waals surface area contributed by atoms with Crippen molar-refractivity contribution >= 4 is 5.91 Å². The van der Waals surface area contributed by atoms with Crippen molar-refractivity contribution in [2.75, 3.05) is 6.54 Å². The number of hydrogen-bond donors (Lipinski definition) is 1. The maximum absolute atomic E-state index is 12.0. The van der Waals surface area contributed by atoms with Gasteiger partial charge in [0.05, 0.1) is 0 Å². The van der Waals surface area contributed by atoms with Crippen molar-refractivity contribution in [1.29, 1.82) is 0 Å². The Morgan fingerprint density at radius 2 is 2.21 bits per heavy atom. The van der Waals surface area contributed by atoms with E-state index in [4.69, 9.17) is 0 Å². The van der Waals surface area contributed by atoms with Crippen molar-refractivity contribution in [2.45, 2.75) is 25.3 Å². The third-order valence-corrected chi connectivity index (χ3v) is 3.52. The molecule has 0 aliphatic carbocycles. The normalized spacial score (nSPS) is 17.8. The molecule has 1 unspecified atom stereocenters. The van der Waals surface area contributed by atoms with Gasteiger partial charge in [0.25, 0.3) is 5.91 Å². The molecule has 0 fully saturated rings. The summed E-state index contributed by atoms with van der Waals surface area (Å²) in [6.45, 7) is 1.67. The number of aromatic nitrogens is 3. The third-order valence-electron chi connectivity index (χ3n) is 3.52. The van der Waals surface area contributed by atoms with Crippen LogP contribution in [0.1, 0.15) is 34.9 Å². The lowest BCUT2D eigenvalue weighted by molar-refractivity contribution is 0.0949. The highest BCUT2D eigenvalue weighted by atomic mass is 16.1. The second kappa shape index (κ2) is 5.22. The molecule has 0 aromatic carbocycles. The molecule has 1 aliphatic rings. The topological polar surface area (TPSA) is 59.8 Å². The molecule has 1 atom stereocenters. The van der Waals surface area contributed by atoms with Crippen LogP contribution in [-0.2, 0) is 6.54 Å². The number of carbonyl (C=O) groups excluding carboxylic acids is 1. The van der Waals surface area contributed by atoms with Gasteiger partial charge in [-0.05, 0) is 25.0 Å². The van der Waals surface area contributed by atoms with Crippen LogP contribution in [0.15, 0.2) is 36.9 Å². The van der Waals surface area contributed by atoms with Crippen molar-refractivity contribution in [1.82, 2.24) is 19.9 Å². The van der Waals surface area contributed by atoms with E-state index in [1.165, 1.54) is 0 Å². The van der Waals surface area contributed by atoms with Gasteiger partial charge in [0.1, 0.15) is 5.82 Å². The number of nitrogens with one attached hydrogen (secondary N) is 1. The summed E-state index contributed by atoms with van der Waals surface area (Å²) in [5.41, 5.74) is 0.647. The largest absolute Gasteiger partial charge is 0.351 e. The first-order valence-corrected chi connectivity index (χ1v) is 6.54. The Balaban J connectivity index is 1.64. The number of hydrogen-bond acceptors (Lipinski definition) is 3. The second-order valence-electron chi connectivity index (χ2n) is 4.76. The molecular formula is C14H16N4O. The van der Waals surface area contributed by atoms with Crippen LogP contribution in [0.25, 0.3) is 0 Å². The molecule has 0 spiro atoms. The fourth-order valence-corrected chi connectivity index (χ4v) is 2.52. The minimum absolute atomic E-state index is 0.0499. The summed E-state index contributed by atoms with van der Waals surface area (Å²) in [5.74, 6) is 1.35. The van der Waals surface area contributed by atoms with Gasteiger partial charge < -0.3 is 9.88 Å². The lowest BCUT2D eigenvalue weighted by atomic mass is 9.99. The molecule has 19 heavy (non-hydrogen) atoms. The van der Waals surface area contributed by atoms with Crippen LogP contribution in [-0.4, -0.2) is 27.0 Å². The van der Waals surface area contributed by atoms with Crippen LogP contribution in [0.2, 0.25) is 0 Å². The Morgan fingerprint density at radius 3 is 3.05 bits per heavy atom. The minimum atomic E-state index is -0.0499. The summed E-state index contributed by atoms with van der Waals surface area (Å²) in [5, 5.41) is 2.98. The Hall–Kier alpha value is -2.17. The lowest BCUT2D eigenvalue weighted by Gasteiger charge is -2.23. The Morgan fingerprint density at radius 1 is 1.37 bits per heavy atom.